The Morgan fingerprint density at radius 2 is 2.05 bits per heavy atom. The van der Waals surface area contributed by atoms with Crippen LogP contribution in [0.1, 0.15) is 25.7 Å². The summed E-state index contributed by atoms with van der Waals surface area (Å²) in [4.78, 5) is 4.31. The quantitative estimate of drug-likeness (QED) is 0.805. The van der Waals surface area contributed by atoms with Crippen LogP contribution in [-0.4, -0.2) is 30.7 Å². The standard InChI is InChI=1S/C18H25N3O/c19-16-5-3-14(4-6-16)13-20-10-11-22-17-7-8-18-15(12-17)2-1-9-21-18/h1-2,7-9,12,14,16,20H,3-6,10-11,13,19H2. The minimum absolute atomic E-state index is 0.432. The van der Waals surface area contributed by atoms with Crippen LogP contribution in [-0.2, 0) is 0 Å². The molecular formula is C18H25N3O. The summed E-state index contributed by atoms with van der Waals surface area (Å²) < 4.78 is 5.81. The van der Waals surface area contributed by atoms with E-state index >= 15 is 0 Å². The molecule has 1 aromatic carbocycles. The molecule has 0 bridgehead atoms. The van der Waals surface area contributed by atoms with Crippen molar-refractivity contribution in [3.8, 4) is 5.75 Å². The van der Waals surface area contributed by atoms with Crippen LogP contribution in [0.15, 0.2) is 36.5 Å². The average Bonchev–Trinajstić information content (AvgIpc) is 2.56. The highest BCUT2D eigenvalue weighted by molar-refractivity contribution is 5.79. The molecule has 22 heavy (non-hydrogen) atoms. The summed E-state index contributed by atoms with van der Waals surface area (Å²) in [5, 5.41) is 4.62. The lowest BCUT2D eigenvalue weighted by atomic mass is 9.86. The average molecular weight is 299 g/mol. The smallest absolute Gasteiger partial charge is 0.120 e. The van der Waals surface area contributed by atoms with Crippen molar-refractivity contribution in [3.05, 3.63) is 36.5 Å². The maximum Gasteiger partial charge on any atom is 0.120 e. The predicted octanol–water partition coefficient (Wildman–Crippen LogP) is 2.72. The van der Waals surface area contributed by atoms with Crippen LogP contribution < -0.4 is 15.8 Å². The fourth-order valence-corrected chi connectivity index (χ4v) is 3.08. The number of nitrogens with one attached hydrogen (secondary N) is 1. The van der Waals surface area contributed by atoms with Gasteiger partial charge in [0.05, 0.1) is 5.52 Å². The maximum absolute atomic E-state index is 5.93. The van der Waals surface area contributed by atoms with Crippen molar-refractivity contribution in [1.82, 2.24) is 10.3 Å². The third-order valence-electron chi connectivity index (χ3n) is 4.45. The second kappa shape index (κ2) is 7.56. The van der Waals surface area contributed by atoms with Crippen LogP contribution in [0.5, 0.6) is 5.75 Å². The van der Waals surface area contributed by atoms with E-state index in [2.05, 4.69) is 16.4 Å². The van der Waals surface area contributed by atoms with E-state index in [1.54, 1.807) is 0 Å². The first kappa shape index (κ1) is 15.3. The van der Waals surface area contributed by atoms with Gasteiger partial charge < -0.3 is 15.8 Å². The number of ether oxygens (including phenoxy) is 1. The molecule has 1 fully saturated rings. The van der Waals surface area contributed by atoms with Gasteiger partial charge in [-0.3, -0.25) is 4.98 Å². The Morgan fingerprint density at radius 3 is 2.91 bits per heavy atom. The van der Waals surface area contributed by atoms with Crippen molar-refractivity contribution < 1.29 is 4.74 Å². The minimum atomic E-state index is 0.432. The molecule has 4 heteroatoms. The third-order valence-corrected chi connectivity index (χ3v) is 4.45. The van der Waals surface area contributed by atoms with E-state index < -0.39 is 0 Å². The minimum Gasteiger partial charge on any atom is -0.492 e. The number of hydrogen-bond donors (Lipinski definition) is 2. The van der Waals surface area contributed by atoms with E-state index in [1.165, 1.54) is 25.7 Å². The van der Waals surface area contributed by atoms with E-state index in [0.717, 1.165) is 35.7 Å². The van der Waals surface area contributed by atoms with Gasteiger partial charge in [-0.05, 0) is 62.4 Å². The maximum atomic E-state index is 5.93. The van der Waals surface area contributed by atoms with Crippen LogP contribution in [0.2, 0.25) is 0 Å². The Labute approximate surface area is 132 Å². The highest BCUT2D eigenvalue weighted by Gasteiger charge is 2.17. The number of fused-ring (bicyclic) bond motifs is 1. The second-order valence-electron chi connectivity index (χ2n) is 6.19. The Morgan fingerprint density at radius 1 is 1.18 bits per heavy atom. The molecule has 2 aromatic rings. The van der Waals surface area contributed by atoms with Crippen LogP contribution in [0, 0.1) is 5.92 Å². The van der Waals surface area contributed by atoms with Crippen LogP contribution in [0.3, 0.4) is 0 Å². The molecule has 118 valence electrons. The van der Waals surface area contributed by atoms with Gasteiger partial charge in [0.15, 0.2) is 0 Å². The molecule has 0 saturated heterocycles. The lowest BCUT2D eigenvalue weighted by Gasteiger charge is -2.26. The number of rotatable bonds is 6. The first-order valence-electron chi connectivity index (χ1n) is 8.25. The SMILES string of the molecule is NC1CCC(CNCCOc2ccc3ncccc3c2)CC1. The van der Waals surface area contributed by atoms with Crippen LogP contribution in [0.25, 0.3) is 10.9 Å². The zero-order valence-electron chi connectivity index (χ0n) is 13.0. The van der Waals surface area contributed by atoms with Crippen molar-refractivity contribution in [2.75, 3.05) is 19.7 Å². The molecule has 1 saturated carbocycles. The topological polar surface area (TPSA) is 60.2 Å². The number of nitrogens with two attached hydrogens (primary N) is 1. The zero-order chi connectivity index (χ0) is 15.2. The Bertz CT molecular complexity index is 594. The van der Waals surface area contributed by atoms with Gasteiger partial charge in [-0.1, -0.05) is 6.07 Å². The molecule has 0 aliphatic heterocycles. The van der Waals surface area contributed by atoms with Gasteiger partial charge in [0.2, 0.25) is 0 Å². The van der Waals surface area contributed by atoms with E-state index in [0.29, 0.717) is 12.6 Å². The molecule has 1 heterocycles. The Kier molecular flexibility index (Phi) is 5.24. The largest absolute Gasteiger partial charge is 0.492 e. The summed E-state index contributed by atoms with van der Waals surface area (Å²) in [7, 11) is 0. The van der Waals surface area contributed by atoms with Crippen molar-refractivity contribution in [2.45, 2.75) is 31.7 Å². The normalized spacial score (nSPS) is 21.9. The lowest BCUT2D eigenvalue weighted by molar-refractivity contribution is 0.286. The van der Waals surface area contributed by atoms with Crippen molar-refractivity contribution in [1.29, 1.82) is 0 Å². The molecule has 4 nitrogen and oxygen atoms in total. The third kappa shape index (κ3) is 4.18. The first-order chi connectivity index (χ1) is 10.8. The van der Waals surface area contributed by atoms with Crippen molar-refractivity contribution in [3.63, 3.8) is 0 Å². The van der Waals surface area contributed by atoms with Gasteiger partial charge in [-0.15, -0.1) is 0 Å². The van der Waals surface area contributed by atoms with E-state index in [1.807, 2.05) is 30.5 Å². The summed E-state index contributed by atoms with van der Waals surface area (Å²) in [6.07, 6.45) is 6.67. The molecular weight excluding hydrogens is 274 g/mol. The highest BCUT2D eigenvalue weighted by atomic mass is 16.5. The molecule has 0 atom stereocenters. The summed E-state index contributed by atoms with van der Waals surface area (Å²) in [6.45, 7) is 2.66. The Balaban J connectivity index is 1.37. The zero-order valence-corrected chi connectivity index (χ0v) is 13.0. The fourth-order valence-electron chi connectivity index (χ4n) is 3.08. The molecule has 3 N–H and O–H groups in total. The van der Waals surface area contributed by atoms with Crippen LogP contribution >= 0.6 is 0 Å². The van der Waals surface area contributed by atoms with Gasteiger partial charge in [-0.25, -0.2) is 0 Å². The van der Waals surface area contributed by atoms with E-state index in [4.69, 9.17) is 10.5 Å². The number of benzene rings is 1. The predicted molar refractivity (Wildman–Crippen MR) is 90.0 cm³/mol. The number of pyridine rings is 1. The molecule has 1 aromatic heterocycles. The number of nitrogens with zero attached hydrogens (tertiary/aromatic N) is 1. The number of hydrogen-bond acceptors (Lipinski definition) is 4. The lowest BCUT2D eigenvalue weighted by Crippen LogP contribution is -2.33. The molecule has 3 rings (SSSR count). The van der Waals surface area contributed by atoms with Gasteiger partial charge in [0.1, 0.15) is 12.4 Å². The van der Waals surface area contributed by atoms with E-state index in [9.17, 15) is 0 Å². The summed E-state index contributed by atoms with van der Waals surface area (Å²) in [5.41, 5.74) is 6.94. The van der Waals surface area contributed by atoms with Crippen molar-refractivity contribution >= 4 is 10.9 Å². The number of aromatic nitrogens is 1. The molecule has 0 radical (unpaired) electrons. The fraction of sp³-hybridized carbons (Fsp3) is 0.500. The molecule has 0 unspecified atom stereocenters. The van der Waals surface area contributed by atoms with Crippen LogP contribution in [0.4, 0.5) is 0 Å². The molecule has 1 aliphatic carbocycles. The first-order valence-corrected chi connectivity index (χ1v) is 8.25. The molecule has 1 aliphatic rings. The summed E-state index contributed by atoms with van der Waals surface area (Å²) in [5.74, 6) is 1.69. The van der Waals surface area contributed by atoms with Gasteiger partial charge in [0, 0.05) is 24.2 Å². The van der Waals surface area contributed by atoms with E-state index in [-0.39, 0.29) is 0 Å². The Hall–Kier alpha value is -1.65. The monoisotopic (exact) mass is 299 g/mol. The van der Waals surface area contributed by atoms with Gasteiger partial charge in [0.25, 0.3) is 0 Å². The summed E-state index contributed by atoms with van der Waals surface area (Å²) >= 11 is 0. The van der Waals surface area contributed by atoms with Gasteiger partial charge >= 0.3 is 0 Å². The van der Waals surface area contributed by atoms with Gasteiger partial charge in [-0.2, -0.15) is 0 Å². The molecule has 0 spiro atoms. The second-order valence-corrected chi connectivity index (χ2v) is 6.19. The summed E-state index contributed by atoms with van der Waals surface area (Å²) in [6, 6.07) is 10.5. The van der Waals surface area contributed by atoms with Crippen molar-refractivity contribution in [2.24, 2.45) is 11.7 Å². The highest BCUT2D eigenvalue weighted by Crippen LogP contribution is 2.22. The molecule has 0 amide bonds.